The number of amides is 1. The van der Waals surface area contributed by atoms with Crippen molar-refractivity contribution in [2.24, 2.45) is 12.5 Å². The number of nitrogens with zero attached hydrogens (tertiary/aromatic N) is 4. The highest BCUT2D eigenvalue weighted by Crippen LogP contribution is 2.48. The molecule has 2 aliphatic heterocycles. The van der Waals surface area contributed by atoms with Crippen LogP contribution in [0.25, 0.3) is 0 Å². The number of rotatable bonds is 3. The lowest BCUT2D eigenvalue weighted by molar-refractivity contribution is -0.134. The maximum absolute atomic E-state index is 12.0. The van der Waals surface area contributed by atoms with Gasteiger partial charge in [0.05, 0.1) is 18.7 Å². The lowest BCUT2D eigenvalue weighted by atomic mass is 9.74. The summed E-state index contributed by atoms with van der Waals surface area (Å²) in [6, 6.07) is 0. The quantitative estimate of drug-likeness (QED) is 0.903. The summed E-state index contributed by atoms with van der Waals surface area (Å²) in [5, 5.41) is 9.80. The van der Waals surface area contributed by atoms with Gasteiger partial charge in [-0.1, -0.05) is 0 Å². The molecule has 3 heterocycles. The molecule has 0 saturated carbocycles. The minimum absolute atomic E-state index is 0.0469. The van der Waals surface area contributed by atoms with E-state index in [0.29, 0.717) is 0 Å². The molecule has 0 aromatic carbocycles. The Hall–Kier alpha value is -1.40. The van der Waals surface area contributed by atoms with Crippen molar-refractivity contribution >= 4 is 5.91 Å². The number of imidazole rings is 1. The number of hydrogen-bond acceptors (Lipinski definition) is 4. The highest BCUT2D eigenvalue weighted by molar-refractivity contribution is 5.74. The summed E-state index contributed by atoms with van der Waals surface area (Å²) in [4.78, 5) is 20.7. The number of aryl methyl sites for hydroxylation is 1. The van der Waals surface area contributed by atoms with E-state index in [0.717, 1.165) is 51.3 Å². The van der Waals surface area contributed by atoms with Crippen LogP contribution >= 0.6 is 0 Å². The molecule has 0 unspecified atom stereocenters. The fourth-order valence-electron chi connectivity index (χ4n) is 4.39. The molecule has 1 amide bonds. The van der Waals surface area contributed by atoms with Crippen molar-refractivity contribution in [3.05, 3.63) is 18.2 Å². The fourth-order valence-corrected chi connectivity index (χ4v) is 4.39. The van der Waals surface area contributed by atoms with Gasteiger partial charge in [-0.25, -0.2) is 4.98 Å². The van der Waals surface area contributed by atoms with Gasteiger partial charge < -0.3 is 14.6 Å². The van der Waals surface area contributed by atoms with Crippen molar-refractivity contribution in [1.29, 1.82) is 0 Å². The molecule has 0 aliphatic carbocycles. The summed E-state index contributed by atoms with van der Waals surface area (Å²) >= 11 is 0. The van der Waals surface area contributed by atoms with E-state index in [-0.39, 0.29) is 17.9 Å². The third-order valence-electron chi connectivity index (χ3n) is 5.82. The molecule has 6 heteroatoms. The topological polar surface area (TPSA) is 61.6 Å². The largest absolute Gasteiger partial charge is 0.394 e. The number of carbonyl (C=O) groups is 1. The van der Waals surface area contributed by atoms with Crippen LogP contribution in [0.3, 0.4) is 0 Å². The number of likely N-dealkylation sites (tertiary alicyclic amines) is 2. The van der Waals surface area contributed by atoms with Gasteiger partial charge in [0.15, 0.2) is 0 Å². The summed E-state index contributed by atoms with van der Waals surface area (Å²) in [5.74, 6) is 1.17. The summed E-state index contributed by atoms with van der Waals surface area (Å²) < 4.78 is 2.07. The van der Waals surface area contributed by atoms with E-state index in [9.17, 15) is 9.90 Å². The second-order valence-corrected chi connectivity index (χ2v) is 7.67. The van der Waals surface area contributed by atoms with Crippen molar-refractivity contribution in [3.63, 3.8) is 0 Å². The van der Waals surface area contributed by atoms with E-state index in [1.54, 1.807) is 6.92 Å². The molecule has 2 saturated heterocycles. The van der Waals surface area contributed by atoms with Gasteiger partial charge in [0.2, 0.25) is 5.91 Å². The van der Waals surface area contributed by atoms with E-state index in [4.69, 9.17) is 0 Å². The van der Waals surface area contributed by atoms with Crippen LogP contribution in [0, 0.1) is 5.41 Å². The fraction of sp³-hybridized carbons (Fsp3) is 0.765. The number of aromatic nitrogens is 2. The van der Waals surface area contributed by atoms with Crippen molar-refractivity contribution in [2.75, 3.05) is 26.2 Å². The van der Waals surface area contributed by atoms with Crippen LogP contribution in [0.1, 0.15) is 38.9 Å². The van der Waals surface area contributed by atoms with Crippen LogP contribution in [0.4, 0.5) is 0 Å². The molecule has 128 valence electrons. The second kappa shape index (κ2) is 5.91. The van der Waals surface area contributed by atoms with Crippen molar-refractivity contribution < 1.29 is 9.90 Å². The van der Waals surface area contributed by atoms with E-state index in [1.165, 1.54) is 0 Å². The van der Waals surface area contributed by atoms with Crippen LogP contribution < -0.4 is 0 Å². The van der Waals surface area contributed by atoms with Crippen LogP contribution in [0.15, 0.2) is 12.4 Å². The number of aliphatic hydroxyl groups is 1. The molecule has 3 rings (SSSR count). The van der Waals surface area contributed by atoms with Gasteiger partial charge in [0.1, 0.15) is 5.82 Å². The molecule has 23 heavy (non-hydrogen) atoms. The van der Waals surface area contributed by atoms with Gasteiger partial charge in [0, 0.05) is 32.9 Å². The zero-order valence-electron chi connectivity index (χ0n) is 14.5. The minimum atomic E-state index is -0.395. The maximum atomic E-state index is 12.0. The zero-order chi connectivity index (χ0) is 16.7. The summed E-state index contributed by atoms with van der Waals surface area (Å²) in [5.41, 5.74) is -0.227. The molecule has 1 aromatic heterocycles. The predicted octanol–water partition coefficient (Wildman–Crippen LogP) is 1.01. The Morgan fingerprint density at radius 2 is 2.09 bits per heavy atom. The van der Waals surface area contributed by atoms with E-state index in [2.05, 4.69) is 14.5 Å². The SMILES string of the molecule is CC(=O)N1CC2(CCN(Cc3nccn3C)CC2)C[C@]1(C)CO. The first-order chi connectivity index (χ1) is 10.9. The van der Waals surface area contributed by atoms with Crippen molar-refractivity contribution in [2.45, 2.75) is 45.2 Å². The zero-order valence-corrected chi connectivity index (χ0v) is 14.5. The van der Waals surface area contributed by atoms with E-state index < -0.39 is 5.54 Å². The van der Waals surface area contributed by atoms with Crippen LogP contribution in [-0.4, -0.2) is 62.1 Å². The van der Waals surface area contributed by atoms with E-state index >= 15 is 0 Å². The Morgan fingerprint density at radius 1 is 1.39 bits per heavy atom. The number of hydrogen-bond donors (Lipinski definition) is 1. The predicted molar refractivity (Wildman–Crippen MR) is 87.6 cm³/mol. The molecule has 1 spiro atoms. The second-order valence-electron chi connectivity index (χ2n) is 7.67. The van der Waals surface area contributed by atoms with Crippen molar-refractivity contribution in [3.8, 4) is 0 Å². The molecule has 2 aliphatic rings. The Bertz CT molecular complexity index is 577. The Morgan fingerprint density at radius 3 is 2.57 bits per heavy atom. The van der Waals surface area contributed by atoms with Crippen LogP contribution in [0.2, 0.25) is 0 Å². The number of aliphatic hydroxyl groups excluding tert-OH is 1. The summed E-state index contributed by atoms with van der Waals surface area (Å²) in [7, 11) is 2.03. The lowest BCUT2D eigenvalue weighted by Crippen LogP contribution is -2.46. The highest BCUT2D eigenvalue weighted by Gasteiger charge is 2.52. The highest BCUT2D eigenvalue weighted by atomic mass is 16.3. The third-order valence-corrected chi connectivity index (χ3v) is 5.82. The first-order valence-corrected chi connectivity index (χ1v) is 8.45. The Kier molecular flexibility index (Phi) is 4.23. The van der Waals surface area contributed by atoms with Gasteiger partial charge in [0.25, 0.3) is 0 Å². The molecule has 1 atom stereocenters. The molecule has 2 fully saturated rings. The number of piperidine rings is 1. The van der Waals surface area contributed by atoms with E-state index in [1.807, 2.05) is 31.3 Å². The summed E-state index contributed by atoms with van der Waals surface area (Å²) in [6.07, 6.45) is 6.89. The minimum Gasteiger partial charge on any atom is -0.394 e. The van der Waals surface area contributed by atoms with Gasteiger partial charge >= 0.3 is 0 Å². The van der Waals surface area contributed by atoms with Gasteiger partial charge in [-0.3, -0.25) is 9.69 Å². The summed E-state index contributed by atoms with van der Waals surface area (Å²) in [6.45, 7) is 7.40. The number of carbonyl (C=O) groups excluding carboxylic acids is 1. The molecular weight excluding hydrogens is 292 g/mol. The average Bonchev–Trinajstić information content (AvgIpc) is 3.04. The average molecular weight is 320 g/mol. The Labute approximate surface area is 138 Å². The van der Waals surface area contributed by atoms with Gasteiger partial charge in [-0.05, 0) is 44.7 Å². The molecule has 6 nitrogen and oxygen atoms in total. The third kappa shape index (κ3) is 3.02. The molecule has 1 N–H and O–H groups in total. The Balaban J connectivity index is 1.64. The van der Waals surface area contributed by atoms with Crippen molar-refractivity contribution in [1.82, 2.24) is 19.4 Å². The first-order valence-electron chi connectivity index (χ1n) is 8.45. The van der Waals surface area contributed by atoms with Gasteiger partial charge in [-0.15, -0.1) is 0 Å². The van der Waals surface area contributed by atoms with Crippen LogP contribution in [0.5, 0.6) is 0 Å². The maximum Gasteiger partial charge on any atom is 0.219 e. The van der Waals surface area contributed by atoms with Gasteiger partial charge in [-0.2, -0.15) is 0 Å². The molecule has 0 bridgehead atoms. The monoisotopic (exact) mass is 320 g/mol. The molecule has 0 radical (unpaired) electrons. The lowest BCUT2D eigenvalue weighted by Gasteiger charge is -2.39. The van der Waals surface area contributed by atoms with Crippen LogP contribution in [-0.2, 0) is 18.4 Å². The molecular formula is C17H28N4O2. The standard InChI is InChI=1S/C17H28N4O2/c1-14(23)21-12-17(11-16(21,2)13-22)4-7-20(8-5-17)10-15-18-6-9-19(15)3/h6,9,22H,4-5,7-8,10-13H2,1-3H3/t16-/m1/s1. The first kappa shape index (κ1) is 16.5. The normalized spacial score (nSPS) is 27.7. The molecule has 1 aromatic rings. The smallest absolute Gasteiger partial charge is 0.219 e.